The van der Waals surface area contributed by atoms with E-state index in [1.54, 1.807) is 0 Å². The average molecular weight is 225 g/mol. The van der Waals surface area contributed by atoms with E-state index in [9.17, 15) is 9.59 Å². The van der Waals surface area contributed by atoms with Crippen molar-refractivity contribution in [2.24, 2.45) is 11.8 Å². The van der Waals surface area contributed by atoms with Crippen molar-refractivity contribution in [1.29, 1.82) is 0 Å². The first-order chi connectivity index (χ1) is 7.35. The minimum Gasteiger partial charge on any atom is -0.444 e. The third-order valence-electron chi connectivity index (χ3n) is 3.27. The normalized spacial score (nSPS) is 32.9. The maximum absolute atomic E-state index is 11.6. The van der Waals surface area contributed by atoms with Crippen molar-refractivity contribution in [2.45, 2.75) is 51.7 Å². The quantitative estimate of drug-likeness (QED) is 0.741. The van der Waals surface area contributed by atoms with Crippen molar-refractivity contribution in [3.63, 3.8) is 0 Å². The number of amides is 1. The molecule has 0 aromatic rings. The van der Waals surface area contributed by atoms with Crippen molar-refractivity contribution >= 4 is 11.9 Å². The van der Waals surface area contributed by atoms with Crippen LogP contribution in [-0.2, 0) is 9.53 Å². The van der Waals surface area contributed by atoms with Gasteiger partial charge in [0.2, 0.25) is 0 Å². The van der Waals surface area contributed by atoms with E-state index in [1.807, 2.05) is 20.8 Å². The Bertz CT molecular complexity index is 319. The molecule has 0 radical (unpaired) electrons. The first-order valence-electron chi connectivity index (χ1n) is 5.87. The first kappa shape index (κ1) is 11.4. The molecular weight excluding hydrogens is 206 g/mol. The van der Waals surface area contributed by atoms with Gasteiger partial charge in [0.15, 0.2) is 0 Å². The van der Waals surface area contributed by atoms with Gasteiger partial charge in [-0.2, -0.15) is 0 Å². The van der Waals surface area contributed by atoms with Crippen LogP contribution >= 0.6 is 0 Å². The topological polar surface area (TPSA) is 55.4 Å². The number of ether oxygens (including phenoxy) is 1. The summed E-state index contributed by atoms with van der Waals surface area (Å²) < 4.78 is 5.18. The van der Waals surface area contributed by atoms with Crippen LogP contribution in [0.15, 0.2) is 0 Å². The number of carbonyl (C=O) groups excluding carboxylic acids is 2. The highest BCUT2D eigenvalue weighted by molar-refractivity contribution is 5.86. The number of Topliss-reactive ketones (excluding diaryl/α,β-unsaturated/α-hetero) is 1. The number of ketones is 1. The van der Waals surface area contributed by atoms with Gasteiger partial charge in [-0.15, -0.1) is 0 Å². The summed E-state index contributed by atoms with van der Waals surface area (Å²) in [6, 6.07) is 0.00102. The van der Waals surface area contributed by atoms with E-state index in [1.165, 1.54) is 0 Å². The Morgan fingerprint density at radius 1 is 1.38 bits per heavy atom. The standard InChI is InChI=1S/C12H19NO3/c1-12(2,3)16-11(15)13-9-5-7-4-8(9)10(14)6-7/h7-9H,4-6H2,1-3H3,(H,13,15)/t7-,8-,9+/m1/s1. The Kier molecular flexibility index (Phi) is 2.68. The van der Waals surface area contributed by atoms with Gasteiger partial charge in [-0.25, -0.2) is 4.79 Å². The highest BCUT2D eigenvalue weighted by atomic mass is 16.6. The third kappa shape index (κ3) is 2.36. The average Bonchev–Trinajstić information content (AvgIpc) is 2.57. The van der Waals surface area contributed by atoms with Crippen LogP contribution in [0.5, 0.6) is 0 Å². The number of nitrogens with one attached hydrogen (secondary N) is 1. The van der Waals surface area contributed by atoms with E-state index in [0.29, 0.717) is 18.1 Å². The molecule has 0 heterocycles. The SMILES string of the molecule is CC(C)(C)OC(=O)N[C@H]1C[C@@H]2CC(=O)[C@@H]1C2. The number of rotatable bonds is 1. The van der Waals surface area contributed by atoms with E-state index in [-0.39, 0.29) is 12.0 Å². The van der Waals surface area contributed by atoms with Crippen LogP contribution in [0.4, 0.5) is 4.79 Å². The predicted molar refractivity (Wildman–Crippen MR) is 59.0 cm³/mol. The molecule has 2 fully saturated rings. The smallest absolute Gasteiger partial charge is 0.407 e. The molecule has 0 spiro atoms. The number of hydrogen-bond donors (Lipinski definition) is 1. The zero-order valence-corrected chi connectivity index (χ0v) is 10.1. The number of alkyl carbamates (subject to hydrolysis) is 1. The summed E-state index contributed by atoms with van der Waals surface area (Å²) in [5.41, 5.74) is -0.480. The van der Waals surface area contributed by atoms with E-state index in [0.717, 1.165) is 12.8 Å². The van der Waals surface area contributed by atoms with Crippen LogP contribution in [0, 0.1) is 11.8 Å². The van der Waals surface area contributed by atoms with Gasteiger partial charge in [0, 0.05) is 18.4 Å². The van der Waals surface area contributed by atoms with Gasteiger partial charge in [0.25, 0.3) is 0 Å². The molecule has 3 atom stereocenters. The second-order valence-corrected chi connectivity index (χ2v) is 5.87. The Labute approximate surface area is 95.7 Å². The summed E-state index contributed by atoms with van der Waals surface area (Å²) >= 11 is 0. The molecule has 2 aliphatic carbocycles. The molecule has 2 bridgehead atoms. The van der Waals surface area contributed by atoms with E-state index < -0.39 is 11.7 Å². The molecule has 0 aliphatic heterocycles. The summed E-state index contributed by atoms with van der Waals surface area (Å²) in [4.78, 5) is 23.1. The van der Waals surface area contributed by atoms with E-state index >= 15 is 0 Å². The molecule has 0 unspecified atom stereocenters. The zero-order chi connectivity index (χ0) is 11.9. The fourth-order valence-corrected chi connectivity index (χ4v) is 2.72. The Hall–Kier alpha value is -1.06. The van der Waals surface area contributed by atoms with Crippen LogP contribution < -0.4 is 5.32 Å². The lowest BCUT2D eigenvalue weighted by molar-refractivity contribution is -0.122. The minimum atomic E-state index is -0.480. The maximum Gasteiger partial charge on any atom is 0.407 e. The fourth-order valence-electron chi connectivity index (χ4n) is 2.72. The van der Waals surface area contributed by atoms with Gasteiger partial charge in [-0.1, -0.05) is 0 Å². The van der Waals surface area contributed by atoms with Crippen molar-refractivity contribution in [3.8, 4) is 0 Å². The molecule has 90 valence electrons. The predicted octanol–water partition coefficient (Wildman–Crippen LogP) is 1.88. The minimum absolute atomic E-state index is 0.00102. The summed E-state index contributed by atoms with van der Waals surface area (Å²) in [5, 5.41) is 2.82. The molecule has 16 heavy (non-hydrogen) atoms. The second-order valence-electron chi connectivity index (χ2n) is 5.87. The van der Waals surface area contributed by atoms with Crippen LogP contribution in [0.1, 0.15) is 40.0 Å². The van der Waals surface area contributed by atoms with Crippen molar-refractivity contribution in [2.75, 3.05) is 0 Å². The fraction of sp³-hybridized carbons (Fsp3) is 0.833. The molecule has 0 aromatic heterocycles. The van der Waals surface area contributed by atoms with Crippen molar-refractivity contribution in [1.82, 2.24) is 5.32 Å². The number of hydrogen-bond acceptors (Lipinski definition) is 3. The summed E-state index contributed by atoms with van der Waals surface area (Å²) in [5.74, 6) is 0.826. The first-order valence-corrected chi connectivity index (χ1v) is 5.87. The lowest BCUT2D eigenvalue weighted by Crippen LogP contribution is -2.43. The molecular formula is C12H19NO3. The second kappa shape index (κ2) is 3.75. The van der Waals surface area contributed by atoms with Crippen LogP contribution in [-0.4, -0.2) is 23.5 Å². The Morgan fingerprint density at radius 3 is 2.56 bits per heavy atom. The summed E-state index contributed by atoms with van der Waals surface area (Å²) in [7, 11) is 0. The monoisotopic (exact) mass is 225 g/mol. The summed E-state index contributed by atoms with van der Waals surface area (Å²) in [6.07, 6.45) is 2.17. The number of carbonyl (C=O) groups is 2. The van der Waals surface area contributed by atoms with Gasteiger partial charge >= 0.3 is 6.09 Å². The molecule has 4 nitrogen and oxygen atoms in total. The number of fused-ring (bicyclic) bond motifs is 2. The molecule has 2 aliphatic rings. The van der Waals surface area contributed by atoms with Gasteiger partial charge in [0.05, 0.1) is 0 Å². The van der Waals surface area contributed by atoms with E-state index in [2.05, 4.69) is 5.32 Å². The molecule has 1 N–H and O–H groups in total. The lowest BCUT2D eigenvalue weighted by Gasteiger charge is -2.25. The lowest BCUT2D eigenvalue weighted by atomic mass is 9.94. The summed E-state index contributed by atoms with van der Waals surface area (Å²) in [6.45, 7) is 5.50. The van der Waals surface area contributed by atoms with Crippen LogP contribution in [0.3, 0.4) is 0 Å². The largest absolute Gasteiger partial charge is 0.444 e. The third-order valence-corrected chi connectivity index (χ3v) is 3.27. The van der Waals surface area contributed by atoms with Crippen molar-refractivity contribution < 1.29 is 14.3 Å². The van der Waals surface area contributed by atoms with E-state index in [4.69, 9.17) is 4.74 Å². The highest BCUT2D eigenvalue weighted by Crippen LogP contribution is 2.42. The van der Waals surface area contributed by atoms with Crippen molar-refractivity contribution in [3.05, 3.63) is 0 Å². The van der Waals surface area contributed by atoms with Gasteiger partial charge < -0.3 is 10.1 Å². The van der Waals surface area contributed by atoms with Gasteiger partial charge in [-0.05, 0) is 39.5 Å². The van der Waals surface area contributed by atoms with Gasteiger partial charge in [-0.3, -0.25) is 4.79 Å². The maximum atomic E-state index is 11.6. The molecule has 1 amide bonds. The molecule has 0 saturated heterocycles. The Balaban J connectivity index is 1.87. The molecule has 2 rings (SSSR count). The molecule has 2 saturated carbocycles. The van der Waals surface area contributed by atoms with Crippen LogP contribution in [0.2, 0.25) is 0 Å². The molecule has 4 heteroatoms. The Morgan fingerprint density at radius 2 is 2.06 bits per heavy atom. The van der Waals surface area contributed by atoms with Crippen LogP contribution in [0.25, 0.3) is 0 Å². The van der Waals surface area contributed by atoms with Gasteiger partial charge in [0.1, 0.15) is 11.4 Å². The zero-order valence-electron chi connectivity index (χ0n) is 10.1. The highest BCUT2D eigenvalue weighted by Gasteiger charge is 2.46. The molecule has 0 aromatic carbocycles.